The van der Waals surface area contributed by atoms with Crippen molar-refractivity contribution in [2.24, 2.45) is 0 Å². The van der Waals surface area contributed by atoms with E-state index in [1.54, 1.807) is 41.8 Å². The molecule has 6 heteroatoms. The molecule has 0 saturated heterocycles. The molecule has 0 bridgehead atoms. The first-order chi connectivity index (χ1) is 13.4. The van der Waals surface area contributed by atoms with Crippen LogP contribution < -0.4 is 5.32 Å². The zero-order valence-corrected chi connectivity index (χ0v) is 15.3. The minimum absolute atomic E-state index is 0.00882. The van der Waals surface area contributed by atoms with Crippen LogP contribution in [0.25, 0.3) is 11.8 Å². The second-order valence-corrected chi connectivity index (χ2v) is 6.22. The van der Waals surface area contributed by atoms with Crippen LogP contribution in [0.5, 0.6) is 0 Å². The predicted molar refractivity (Wildman–Crippen MR) is 104 cm³/mol. The van der Waals surface area contributed by atoms with Gasteiger partial charge in [0.25, 0.3) is 5.91 Å². The second kappa shape index (κ2) is 7.89. The third-order valence-electron chi connectivity index (χ3n) is 4.35. The summed E-state index contributed by atoms with van der Waals surface area (Å²) in [6.07, 6.45) is 1.41. The number of carbonyl (C=O) groups excluding carboxylic acids is 1. The third kappa shape index (κ3) is 3.69. The van der Waals surface area contributed by atoms with E-state index < -0.39 is 11.7 Å². The number of hydrogen-bond acceptors (Lipinski definition) is 2. The molecule has 3 rings (SSSR count). The van der Waals surface area contributed by atoms with Gasteiger partial charge in [0.15, 0.2) is 0 Å². The summed E-state index contributed by atoms with van der Waals surface area (Å²) in [4.78, 5) is 12.4. The number of nitriles is 1. The molecule has 0 unspecified atom stereocenters. The molecule has 1 N–H and O–H groups in total. The quantitative estimate of drug-likeness (QED) is 0.518. The first-order valence-corrected chi connectivity index (χ1v) is 8.54. The molecule has 1 heterocycles. The Bertz CT molecular complexity index is 1120. The van der Waals surface area contributed by atoms with Crippen LogP contribution in [0.1, 0.15) is 17.0 Å². The van der Waals surface area contributed by atoms with Crippen molar-refractivity contribution in [3.8, 4) is 11.8 Å². The van der Waals surface area contributed by atoms with Crippen LogP contribution in [0.4, 0.5) is 14.5 Å². The number of para-hydroxylation sites is 2. The predicted octanol–water partition coefficient (Wildman–Crippen LogP) is 4.92. The van der Waals surface area contributed by atoms with Gasteiger partial charge in [0.1, 0.15) is 23.3 Å². The number of anilines is 1. The normalized spacial score (nSPS) is 11.2. The molecule has 0 radical (unpaired) electrons. The van der Waals surface area contributed by atoms with Gasteiger partial charge in [-0.25, -0.2) is 8.78 Å². The summed E-state index contributed by atoms with van der Waals surface area (Å²) in [5.41, 5.74) is 2.21. The lowest BCUT2D eigenvalue weighted by Gasteiger charge is -2.10. The van der Waals surface area contributed by atoms with Crippen molar-refractivity contribution in [3.05, 3.63) is 88.8 Å². The van der Waals surface area contributed by atoms with Crippen molar-refractivity contribution >= 4 is 17.7 Å². The van der Waals surface area contributed by atoms with Gasteiger partial charge in [-0.2, -0.15) is 5.26 Å². The van der Waals surface area contributed by atoms with Crippen LogP contribution in [-0.2, 0) is 4.79 Å². The maximum Gasteiger partial charge on any atom is 0.266 e. The van der Waals surface area contributed by atoms with E-state index in [1.807, 2.05) is 13.0 Å². The van der Waals surface area contributed by atoms with Gasteiger partial charge in [-0.05, 0) is 55.8 Å². The molecule has 0 spiro atoms. The Balaban J connectivity index is 1.97. The van der Waals surface area contributed by atoms with Crippen LogP contribution in [0.2, 0.25) is 0 Å². The number of rotatable bonds is 4. The lowest BCUT2D eigenvalue weighted by molar-refractivity contribution is -0.112. The Kier molecular flexibility index (Phi) is 5.37. The molecular formula is C22H17F2N3O. The smallest absolute Gasteiger partial charge is 0.266 e. The fourth-order valence-electron chi connectivity index (χ4n) is 2.99. The second-order valence-electron chi connectivity index (χ2n) is 6.22. The third-order valence-corrected chi connectivity index (χ3v) is 4.35. The molecule has 140 valence electrons. The Morgan fingerprint density at radius 3 is 2.36 bits per heavy atom. The van der Waals surface area contributed by atoms with Gasteiger partial charge in [0, 0.05) is 11.4 Å². The molecule has 2 aromatic carbocycles. The minimum atomic E-state index is -0.719. The fraction of sp³-hybridized carbons (Fsp3) is 0.0909. The number of amides is 1. The van der Waals surface area contributed by atoms with E-state index in [2.05, 4.69) is 5.32 Å². The molecule has 0 aliphatic rings. The zero-order chi connectivity index (χ0) is 20.3. The summed E-state index contributed by atoms with van der Waals surface area (Å²) < 4.78 is 29.6. The van der Waals surface area contributed by atoms with Crippen LogP contribution >= 0.6 is 0 Å². The van der Waals surface area contributed by atoms with E-state index in [1.165, 1.54) is 30.3 Å². The zero-order valence-electron chi connectivity index (χ0n) is 15.3. The average Bonchev–Trinajstić information content (AvgIpc) is 2.95. The van der Waals surface area contributed by atoms with Crippen molar-refractivity contribution in [3.63, 3.8) is 0 Å². The minimum Gasteiger partial charge on any atom is -0.319 e. The molecular weight excluding hydrogens is 360 g/mol. The molecule has 0 saturated carbocycles. The van der Waals surface area contributed by atoms with Gasteiger partial charge in [-0.1, -0.05) is 24.3 Å². The standard InChI is InChI=1S/C22H17F2N3O/c1-14-11-16(15(2)27(14)21-10-6-4-8-19(21)24)12-17(13-25)22(28)26-20-9-5-3-7-18(20)23/h3-12H,1-2H3,(H,26,28)/b17-12+. The SMILES string of the molecule is Cc1cc(/C=C(\C#N)C(=O)Nc2ccccc2F)c(C)n1-c1ccccc1F. The van der Waals surface area contributed by atoms with Gasteiger partial charge in [0.05, 0.1) is 11.4 Å². The average molecular weight is 377 g/mol. The number of halogens is 2. The molecule has 0 atom stereocenters. The van der Waals surface area contributed by atoms with Crippen molar-refractivity contribution in [1.29, 1.82) is 5.26 Å². The molecule has 1 aromatic heterocycles. The van der Waals surface area contributed by atoms with Gasteiger partial charge in [0.2, 0.25) is 0 Å². The number of carbonyl (C=O) groups is 1. The van der Waals surface area contributed by atoms with Gasteiger partial charge in [-0.15, -0.1) is 0 Å². The van der Waals surface area contributed by atoms with Crippen LogP contribution in [0.3, 0.4) is 0 Å². The number of aromatic nitrogens is 1. The van der Waals surface area contributed by atoms with Gasteiger partial charge < -0.3 is 9.88 Å². The Labute approximate surface area is 161 Å². The number of nitrogens with one attached hydrogen (secondary N) is 1. The molecule has 4 nitrogen and oxygen atoms in total. The lowest BCUT2D eigenvalue weighted by atomic mass is 10.1. The number of aryl methyl sites for hydroxylation is 1. The summed E-state index contributed by atoms with van der Waals surface area (Å²) in [6, 6.07) is 15.7. The van der Waals surface area contributed by atoms with Gasteiger partial charge in [-0.3, -0.25) is 4.79 Å². The summed E-state index contributed by atoms with van der Waals surface area (Å²) >= 11 is 0. The Morgan fingerprint density at radius 2 is 1.71 bits per heavy atom. The van der Waals surface area contributed by atoms with E-state index in [0.29, 0.717) is 16.9 Å². The van der Waals surface area contributed by atoms with E-state index in [-0.39, 0.29) is 17.1 Å². The molecule has 0 aliphatic carbocycles. The van der Waals surface area contributed by atoms with Crippen LogP contribution in [0.15, 0.2) is 60.2 Å². The maximum atomic E-state index is 14.2. The van der Waals surface area contributed by atoms with Gasteiger partial charge >= 0.3 is 0 Å². The highest BCUT2D eigenvalue weighted by molar-refractivity contribution is 6.09. The van der Waals surface area contributed by atoms with Crippen LogP contribution in [-0.4, -0.2) is 10.5 Å². The largest absolute Gasteiger partial charge is 0.319 e. The Hall–Kier alpha value is -3.72. The monoisotopic (exact) mass is 377 g/mol. The number of nitrogens with zero attached hydrogens (tertiary/aromatic N) is 2. The van der Waals surface area contributed by atoms with Crippen molar-refractivity contribution < 1.29 is 13.6 Å². The summed E-state index contributed by atoms with van der Waals surface area (Å²) in [6.45, 7) is 3.58. The topological polar surface area (TPSA) is 57.8 Å². The lowest BCUT2D eigenvalue weighted by Crippen LogP contribution is -2.14. The van der Waals surface area contributed by atoms with Crippen molar-refractivity contribution in [2.45, 2.75) is 13.8 Å². The summed E-state index contributed by atoms with van der Waals surface area (Å²) in [5.74, 6) is -1.69. The molecule has 28 heavy (non-hydrogen) atoms. The number of hydrogen-bond donors (Lipinski definition) is 1. The molecule has 1 amide bonds. The highest BCUT2D eigenvalue weighted by Gasteiger charge is 2.16. The first-order valence-electron chi connectivity index (χ1n) is 8.54. The molecule has 3 aromatic rings. The summed E-state index contributed by atoms with van der Waals surface area (Å²) in [5, 5.41) is 11.8. The Morgan fingerprint density at radius 1 is 1.07 bits per heavy atom. The molecule has 0 aliphatic heterocycles. The number of benzene rings is 2. The fourth-order valence-corrected chi connectivity index (χ4v) is 2.99. The first kappa shape index (κ1) is 19.1. The van der Waals surface area contributed by atoms with Crippen molar-refractivity contribution in [2.75, 3.05) is 5.32 Å². The highest BCUT2D eigenvalue weighted by atomic mass is 19.1. The van der Waals surface area contributed by atoms with Crippen LogP contribution in [0, 0.1) is 36.8 Å². The molecule has 0 fully saturated rings. The van der Waals surface area contributed by atoms with E-state index in [9.17, 15) is 18.8 Å². The van der Waals surface area contributed by atoms with E-state index in [4.69, 9.17) is 0 Å². The van der Waals surface area contributed by atoms with E-state index >= 15 is 0 Å². The van der Waals surface area contributed by atoms with E-state index in [0.717, 1.165) is 5.69 Å². The highest BCUT2D eigenvalue weighted by Crippen LogP contribution is 2.24. The maximum absolute atomic E-state index is 14.2. The van der Waals surface area contributed by atoms with Crippen molar-refractivity contribution in [1.82, 2.24) is 4.57 Å². The summed E-state index contributed by atoms with van der Waals surface area (Å²) in [7, 11) is 0.